The Morgan fingerprint density at radius 3 is 1.44 bits per heavy atom. The van der Waals surface area contributed by atoms with Gasteiger partial charge in [0.05, 0.1) is 45.0 Å². The van der Waals surface area contributed by atoms with Crippen LogP contribution in [0.15, 0.2) is 243 Å². The minimum Gasteiger partial charge on any atom is -0.309 e. The van der Waals surface area contributed by atoms with E-state index in [1.54, 1.807) is 0 Å². The summed E-state index contributed by atoms with van der Waals surface area (Å²) >= 11 is 0. The van der Waals surface area contributed by atoms with Gasteiger partial charge in [0.1, 0.15) is 0 Å². The van der Waals surface area contributed by atoms with Gasteiger partial charge in [0.2, 0.25) is 0 Å². The van der Waals surface area contributed by atoms with Gasteiger partial charge in [-0.05, 0) is 87.5 Å². The molecule has 0 N–H and O–H groups in total. The van der Waals surface area contributed by atoms with Crippen LogP contribution in [0.2, 0.25) is 0 Å². The first kappa shape index (κ1) is 36.4. The zero-order chi connectivity index (χ0) is 42.2. The van der Waals surface area contributed by atoms with Crippen molar-refractivity contribution in [3.8, 4) is 17.1 Å². The third-order valence-corrected chi connectivity index (χ3v) is 18.2. The molecule has 0 unspecified atom stereocenters. The highest BCUT2D eigenvalue weighted by atomic mass is 28.3. The van der Waals surface area contributed by atoms with Crippen molar-refractivity contribution in [2.75, 3.05) is 0 Å². The average Bonchev–Trinajstić information content (AvgIpc) is 4.01. The fourth-order valence-corrected chi connectivity index (χ4v) is 15.7. The number of hydrogen-bond acceptors (Lipinski definition) is 1. The maximum absolute atomic E-state index is 4.60. The summed E-state index contributed by atoms with van der Waals surface area (Å²) in [5.41, 5.74) is 10.4. The van der Waals surface area contributed by atoms with Gasteiger partial charge in [-0.15, -0.1) is 0 Å². The third kappa shape index (κ3) is 5.25. The lowest BCUT2D eigenvalue weighted by atomic mass is 10.1. The summed E-state index contributed by atoms with van der Waals surface area (Å²) in [6.07, 6.45) is 3.89. The lowest BCUT2D eigenvalue weighted by Crippen LogP contribution is -2.74. The van der Waals surface area contributed by atoms with Gasteiger partial charge in [-0.2, -0.15) is 0 Å². The van der Waals surface area contributed by atoms with Crippen LogP contribution in [0, 0.1) is 0 Å². The van der Waals surface area contributed by atoms with Crippen molar-refractivity contribution in [1.29, 1.82) is 0 Å². The first-order valence-corrected chi connectivity index (χ1v) is 24.0. The Kier molecular flexibility index (Phi) is 8.20. The maximum atomic E-state index is 4.60. The molecule has 13 rings (SSSR count). The van der Waals surface area contributed by atoms with Gasteiger partial charge >= 0.3 is 0 Å². The largest absolute Gasteiger partial charge is 0.309 e. The van der Waals surface area contributed by atoms with E-state index in [2.05, 4.69) is 249 Å². The molecule has 64 heavy (non-hydrogen) atoms. The predicted molar refractivity (Wildman–Crippen MR) is 271 cm³/mol. The van der Waals surface area contributed by atoms with Crippen molar-refractivity contribution in [2.45, 2.75) is 0 Å². The van der Waals surface area contributed by atoms with Crippen LogP contribution < -0.4 is 20.7 Å². The second kappa shape index (κ2) is 14.4. The van der Waals surface area contributed by atoms with Gasteiger partial charge < -0.3 is 13.7 Å². The highest BCUT2D eigenvalue weighted by Gasteiger charge is 2.41. The molecule has 0 radical (unpaired) electrons. The highest BCUT2D eigenvalue weighted by molar-refractivity contribution is 7.19. The van der Waals surface area contributed by atoms with Crippen LogP contribution in [0.4, 0.5) is 0 Å². The second-order valence-electron chi connectivity index (χ2n) is 16.7. The topological polar surface area (TPSA) is 27.7 Å². The van der Waals surface area contributed by atoms with Crippen LogP contribution >= 0.6 is 0 Å². The first-order valence-electron chi connectivity index (χ1n) is 22.0. The minimum atomic E-state index is -2.75. The first-order chi connectivity index (χ1) is 31.8. The number of para-hydroxylation sites is 3. The molecule has 0 atom stereocenters. The molecule has 0 aliphatic rings. The van der Waals surface area contributed by atoms with Gasteiger partial charge in [-0.25, -0.2) is 0 Å². The van der Waals surface area contributed by atoms with Gasteiger partial charge in [-0.3, -0.25) is 4.98 Å². The van der Waals surface area contributed by atoms with E-state index in [4.69, 9.17) is 0 Å². The lowest BCUT2D eigenvalue weighted by molar-refractivity contribution is 1.16. The number of hydrogen-bond donors (Lipinski definition) is 0. The Hall–Kier alpha value is -8.25. The molecular weight excluding hydrogens is 793 g/mol. The summed E-state index contributed by atoms with van der Waals surface area (Å²) in [6.45, 7) is 0. The zero-order valence-electron chi connectivity index (χ0n) is 34.9. The van der Waals surface area contributed by atoms with E-state index in [0.29, 0.717) is 0 Å². The molecule has 0 amide bonds. The summed E-state index contributed by atoms with van der Waals surface area (Å²) in [4.78, 5) is 4.60. The molecular formula is C59H40N4Si. The maximum Gasteiger partial charge on any atom is 0.179 e. The molecule has 5 heteroatoms. The molecule has 0 bridgehead atoms. The van der Waals surface area contributed by atoms with Crippen molar-refractivity contribution >= 4 is 94.2 Å². The second-order valence-corrected chi connectivity index (χ2v) is 20.5. The fraction of sp³-hybridized carbons (Fsp3) is 0. The number of nitrogens with zero attached hydrogens (tertiary/aromatic N) is 4. The van der Waals surface area contributed by atoms with Crippen LogP contribution in [0.1, 0.15) is 0 Å². The standard InChI is InChI=1S/C59H40N4Si/c1-4-19-43(20-5-1)64(44-21-6-2-7-22-44,45-23-8-3-9-24-45)46-25-16-18-41(38-46)61-52-29-13-11-27-48(52)51-39-42(34-35-55(51)61)62-54-31-15-12-28-50(54)59-56(62)32-17-33-57(59)63-53-30-14-10-26-47(53)49-36-37-60-40-58(49)63/h1-40H. The quantitative estimate of drug-likeness (QED) is 0.116. The van der Waals surface area contributed by atoms with Crippen molar-refractivity contribution in [1.82, 2.24) is 18.7 Å². The van der Waals surface area contributed by atoms with E-state index in [-0.39, 0.29) is 0 Å². The SMILES string of the molecule is c1ccc([Si](c2ccccc2)(c2ccccc2)c2cccc(-n3c4ccccc4c4cc(-n5c6ccccc6c6c(-n7c8ccccc8c8ccncc87)cccc65)ccc43)c2)cc1. The molecule has 0 saturated carbocycles. The van der Waals surface area contributed by atoms with E-state index in [1.165, 1.54) is 75.1 Å². The molecule has 0 aliphatic heterocycles. The molecule has 4 nitrogen and oxygen atoms in total. The average molecular weight is 833 g/mol. The van der Waals surface area contributed by atoms with Crippen molar-refractivity contribution < 1.29 is 0 Å². The van der Waals surface area contributed by atoms with Crippen LogP contribution in [-0.2, 0) is 0 Å². The van der Waals surface area contributed by atoms with Crippen LogP contribution in [0.25, 0.3) is 82.5 Å². The number of aromatic nitrogens is 4. The minimum absolute atomic E-state index is 1.10. The summed E-state index contributed by atoms with van der Waals surface area (Å²) in [5, 5.41) is 12.7. The van der Waals surface area contributed by atoms with E-state index in [1.807, 2.05) is 12.4 Å². The molecule has 13 aromatic rings. The molecule has 0 fully saturated rings. The smallest absolute Gasteiger partial charge is 0.179 e. The van der Waals surface area contributed by atoms with Crippen molar-refractivity contribution in [2.24, 2.45) is 0 Å². The summed E-state index contributed by atoms with van der Waals surface area (Å²) in [5.74, 6) is 0. The van der Waals surface area contributed by atoms with E-state index < -0.39 is 8.07 Å². The van der Waals surface area contributed by atoms with Gasteiger partial charge in [0.25, 0.3) is 0 Å². The van der Waals surface area contributed by atoms with E-state index in [0.717, 1.165) is 28.1 Å². The van der Waals surface area contributed by atoms with E-state index in [9.17, 15) is 0 Å². The fourth-order valence-electron chi connectivity index (χ4n) is 10.9. The van der Waals surface area contributed by atoms with Gasteiger partial charge in [-0.1, -0.05) is 164 Å². The zero-order valence-corrected chi connectivity index (χ0v) is 35.9. The Balaban J connectivity index is 1.04. The van der Waals surface area contributed by atoms with Gasteiger partial charge in [0, 0.05) is 49.9 Å². The predicted octanol–water partition coefficient (Wildman–Crippen LogP) is 11.8. The number of rotatable bonds is 7. The monoisotopic (exact) mass is 832 g/mol. The Bertz CT molecular complexity index is 3750. The molecule has 4 aromatic heterocycles. The molecule has 0 aliphatic carbocycles. The molecule has 300 valence electrons. The van der Waals surface area contributed by atoms with Crippen molar-refractivity contribution in [3.05, 3.63) is 243 Å². The highest BCUT2D eigenvalue weighted by Crippen LogP contribution is 2.41. The van der Waals surface area contributed by atoms with Crippen LogP contribution in [-0.4, -0.2) is 26.8 Å². The third-order valence-electron chi connectivity index (χ3n) is 13.5. The Morgan fingerprint density at radius 2 is 0.766 bits per heavy atom. The molecule has 4 heterocycles. The van der Waals surface area contributed by atoms with E-state index >= 15 is 0 Å². The Morgan fingerprint density at radius 1 is 0.297 bits per heavy atom. The number of fused-ring (bicyclic) bond motifs is 9. The van der Waals surface area contributed by atoms with Crippen LogP contribution in [0.5, 0.6) is 0 Å². The molecule has 9 aromatic carbocycles. The van der Waals surface area contributed by atoms with Crippen LogP contribution in [0.3, 0.4) is 0 Å². The summed E-state index contributed by atoms with van der Waals surface area (Å²) in [6, 6.07) is 85.2. The normalized spacial score (nSPS) is 12.1. The number of benzene rings is 9. The summed E-state index contributed by atoms with van der Waals surface area (Å²) < 4.78 is 7.32. The molecule has 0 saturated heterocycles. The Labute approximate surface area is 371 Å². The lowest BCUT2D eigenvalue weighted by Gasteiger charge is -2.34. The summed E-state index contributed by atoms with van der Waals surface area (Å²) in [7, 11) is -2.75. The van der Waals surface area contributed by atoms with Crippen molar-refractivity contribution in [3.63, 3.8) is 0 Å². The number of pyridine rings is 1. The van der Waals surface area contributed by atoms with Gasteiger partial charge in [0.15, 0.2) is 8.07 Å². The molecule has 0 spiro atoms.